The van der Waals surface area contributed by atoms with E-state index < -0.39 is 0 Å². The van der Waals surface area contributed by atoms with Crippen molar-refractivity contribution in [1.82, 2.24) is 4.90 Å². The molecule has 2 fully saturated rings. The first-order chi connectivity index (χ1) is 6.90. The fraction of sp³-hybridized carbons (Fsp3) is 1.00. The zero-order chi connectivity index (χ0) is 9.80. The van der Waals surface area contributed by atoms with Crippen LogP contribution in [-0.4, -0.2) is 43.3 Å². The Morgan fingerprint density at radius 1 is 1.36 bits per heavy atom. The summed E-state index contributed by atoms with van der Waals surface area (Å²) in [5, 5.41) is 0. The third-order valence-corrected chi connectivity index (χ3v) is 3.25. The maximum absolute atomic E-state index is 5.63. The van der Waals surface area contributed by atoms with Gasteiger partial charge in [0.1, 0.15) is 0 Å². The van der Waals surface area contributed by atoms with Crippen LogP contribution < -0.4 is 5.90 Å². The van der Waals surface area contributed by atoms with Crippen LogP contribution in [0.3, 0.4) is 0 Å². The molecule has 0 amide bonds. The number of hydrogen-bond acceptors (Lipinski definition) is 4. The van der Waals surface area contributed by atoms with Gasteiger partial charge in [-0.15, -0.1) is 0 Å². The third kappa shape index (κ3) is 2.45. The van der Waals surface area contributed by atoms with Crippen molar-refractivity contribution < 1.29 is 9.57 Å². The topological polar surface area (TPSA) is 47.7 Å². The number of nitrogens with zero attached hydrogens (tertiary/aromatic N) is 1. The van der Waals surface area contributed by atoms with Crippen molar-refractivity contribution in [3.8, 4) is 0 Å². The van der Waals surface area contributed by atoms with Gasteiger partial charge in [-0.3, -0.25) is 4.90 Å². The molecule has 2 atom stereocenters. The minimum Gasteiger partial charge on any atom is -0.377 e. The number of rotatable bonds is 4. The Hall–Kier alpha value is -0.160. The van der Waals surface area contributed by atoms with Gasteiger partial charge >= 0.3 is 0 Å². The normalized spacial score (nSPS) is 34.1. The average Bonchev–Trinajstić information content (AvgIpc) is 2.80. The van der Waals surface area contributed by atoms with Gasteiger partial charge < -0.3 is 9.57 Å². The maximum atomic E-state index is 5.63. The van der Waals surface area contributed by atoms with Crippen LogP contribution in [0.2, 0.25) is 0 Å². The van der Waals surface area contributed by atoms with Gasteiger partial charge in [0, 0.05) is 19.2 Å². The van der Waals surface area contributed by atoms with Gasteiger partial charge in [-0.1, -0.05) is 0 Å². The molecule has 2 N–H and O–H groups in total. The standard InChI is InChI=1S/C10H20N2O2/c11-14-8-9-3-1-5-12(9)7-10-4-2-6-13-10/h9-10H,1-8,11H2. The lowest BCUT2D eigenvalue weighted by Gasteiger charge is -2.25. The molecule has 4 heteroatoms. The van der Waals surface area contributed by atoms with Crippen molar-refractivity contribution in [3.63, 3.8) is 0 Å². The number of nitrogens with two attached hydrogens (primary N) is 1. The summed E-state index contributed by atoms with van der Waals surface area (Å²) in [4.78, 5) is 7.20. The molecule has 4 nitrogen and oxygen atoms in total. The van der Waals surface area contributed by atoms with E-state index in [1.165, 1.54) is 32.2 Å². The van der Waals surface area contributed by atoms with Gasteiger partial charge in [-0.2, -0.15) is 0 Å². The zero-order valence-corrected chi connectivity index (χ0v) is 8.65. The molecule has 0 spiro atoms. The number of ether oxygens (including phenoxy) is 1. The van der Waals surface area contributed by atoms with E-state index in [1.54, 1.807) is 0 Å². The van der Waals surface area contributed by atoms with Gasteiger partial charge in [0.25, 0.3) is 0 Å². The van der Waals surface area contributed by atoms with Crippen LogP contribution in [0, 0.1) is 0 Å². The van der Waals surface area contributed by atoms with Crippen LogP contribution in [0.4, 0.5) is 0 Å². The predicted molar refractivity (Wildman–Crippen MR) is 53.7 cm³/mol. The molecule has 2 aliphatic heterocycles. The second kappa shape index (κ2) is 5.07. The van der Waals surface area contributed by atoms with Gasteiger partial charge in [-0.25, -0.2) is 5.90 Å². The van der Waals surface area contributed by atoms with Crippen LogP contribution in [0.5, 0.6) is 0 Å². The molecule has 0 aliphatic carbocycles. The van der Waals surface area contributed by atoms with E-state index in [1.807, 2.05) is 0 Å². The summed E-state index contributed by atoms with van der Waals surface area (Å²) in [5.74, 6) is 5.12. The van der Waals surface area contributed by atoms with E-state index in [9.17, 15) is 0 Å². The first-order valence-corrected chi connectivity index (χ1v) is 5.57. The molecule has 2 unspecified atom stereocenters. The summed E-state index contributed by atoms with van der Waals surface area (Å²) in [6.07, 6.45) is 5.36. The lowest BCUT2D eigenvalue weighted by molar-refractivity contribution is 0.0382. The Morgan fingerprint density at radius 3 is 3.00 bits per heavy atom. The summed E-state index contributed by atoms with van der Waals surface area (Å²) < 4.78 is 5.63. The van der Waals surface area contributed by atoms with Crippen molar-refractivity contribution in [2.45, 2.75) is 37.8 Å². The minimum atomic E-state index is 0.452. The van der Waals surface area contributed by atoms with Gasteiger partial charge in [0.15, 0.2) is 0 Å². The largest absolute Gasteiger partial charge is 0.377 e. The van der Waals surface area contributed by atoms with Gasteiger partial charge in [-0.05, 0) is 32.2 Å². The van der Waals surface area contributed by atoms with Crippen LogP contribution in [0.25, 0.3) is 0 Å². The summed E-state index contributed by atoms with van der Waals surface area (Å²) in [6, 6.07) is 0.518. The first kappa shape index (κ1) is 10.4. The van der Waals surface area contributed by atoms with Gasteiger partial charge in [0.05, 0.1) is 12.7 Å². The van der Waals surface area contributed by atoms with E-state index >= 15 is 0 Å². The summed E-state index contributed by atoms with van der Waals surface area (Å²) in [5.41, 5.74) is 0. The quantitative estimate of drug-likeness (QED) is 0.672. The third-order valence-electron chi connectivity index (χ3n) is 3.25. The SMILES string of the molecule is NOCC1CCCN1CC1CCCO1. The highest BCUT2D eigenvalue weighted by Crippen LogP contribution is 2.21. The summed E-state index contributed by atoms with van der Waals surface area (Å²) in [6.45, 7) is 3.84. The first-order valence-electron chi connectivity index (χ1n) is 5.57. The van der Waals surface area contributed by atoms with Crippen molar-refractivity contribution in [3.05, 3.63) is 0 Å². The number of hydrogen-bond donors (Lipinski definition) is 1. The molecule has 0 aromatic heterocycles. The monoisotopic (exact) mass is 200 g/mol. The van der Waals surface area contributed by atoms with Crippen molar-refractivity contribution >= 4 is 0 Å². The molecule has 0 bridgehead atoms. The molecule has 0 radical (unpaired) electrons. The second-order valence-electron chi connectivity index (χ2n) is 4.26. The highest BCUT2D eigenvalue weighted by Gasteiger charge is 2.28. The minimum absolute atomic E-state index is 0.452. The number of likely N-dealkylation sites (tertiary alicyclic amines) is 1. The fourth-order valence-electron chi connectivity index (χ4n) is 2.49. The highest BCUT2D eigenvalue weighted by molar-refractivity contribution is 4.82. The molecule has 2 aliphatic rings. The fourth-order valence-corrected chi connectivity index (χ4v) is 2.49. The second-order valence-corrected chi connectivity index (χ2v) is 4.26. The van der Waals surface area contributed by atoms with Crippen LogP contribution in [-0.2, 0) is 9.57 Å². The zero-order valence-electron chi connectivity index (χ0n) is 8.65. The maximum Gasteiger partial charge on any atom is 0.0834 e. The highest BCUT2D eigenvalue weighted by atomic mass is 16.6. The van der Waals surface area contributed by atoms with Crippen molar-refractivity contribution in [1.29, 1.82) is 0 Å². The molecule has 0 aromatic rings. The molecule has 0 saturated carbocycles. The molecular weight excluding hydrogens is 180 g/mol. The molecule has 14 heavy (non-hydrogen) atoms. The molecule has 2 rings (SSSR count). The van der Waals surface area contributed by atoms with E-state index in [0.29, 0.717) is 18.8 Å². The summed E-state index contributed by atoms with van der Waals surface area (Å²) in [7, 11) is 0. The lowest BCUT2D eigenvalue weighted by atomic mass is 10.2. The van der Waals surface area contributed by atoms with Crippen molar-refractivity contribution in [2.24, 2.45) is 5.90 Å². The Morgan fingerprint density at radius 2 is 2.29 bits per heavy atom. The Kier molecular flexibility index (Phi) is 3.75. The average molecular weight is 200 g/mol. The molecule has 82 valence electrons. The van der Waals surface area contributed by atoms with Crippen LogP contribution in [0.1, 0.15) is 25.7 Å². The molecular formula is C10H20N2O2. The predicted octanol–water partition coefficient (Wildman–Crippen LogP) is 0.520. The summed E-state index contributed by atoms with van der Waals surface area (Å²) >= 11 is 0. The molecule has 0 aromatic carbocycles. The van der Waals surface area contributed by atoms with Crippen LogP contribution >= 0.6 is 0 Å². The Bertz CT molecular complexity index is 172. The van der Waals surface area contributed by atoms with E-state index in [4.69, 9.17) is 15.5 Å². The molecule has 2 heterocycles. The Labute approximate surface area is 85.3 Å². The van der Waals surface area contributed by atoms with E-state index in [0.717, 1.165) is 13.2 Å². The molecule has 2 saturated heterocycles. The smallest absolute Gasteiger partial charge is 0.0834 e. The Balaban J connectivity index is 1.77. The van der Waals surface area contributed by atoms with Crippen molar-refractivity contribution in [2.75, 3.05) is 26.3 Å². The van der Waals surface area contributed by atoms with Crippen LogP contribution in [0.15, 0.2) is 0 Å². The van der Waals surface area contributed by atoms with E-state index in [-0.39, 0.29) is 0 Å². The van der Waals surface area contributed by atoms with E-state index in [2.05, 4.69) is 4.90 Å². The lowest BCUT2D eigenvalue weighted by Crippen LogP contribution is -2.39. The van der Waals surface area contributed by atoms with Gasteiger partial charge in [0.2, 0.25) is 0 Å².